The first-order chi connectivity index (χ1) is 10.1. The predicted octanol–water partition coefficient (Wildman–Crippen LogP) is 2.53. The van der Waals surface area contributed by atoms with Gasteiger partial charge in [-0.15, -0.1) is 11.3 Å². The molecule has 0 spiro atoms. The lowest BCUT2D eigenvalue weighted by molar-refractivity contribution is -0.143. The Morgan fingerprint density at radius 3 is 3.14 bits per heavy atom. The van der Waals surface area contributed by atoms with Crippen molar-refractivity contribution in [2.24, 2.45) is 0 Å². The van der Waals surface area contributed by atoms with E-state index in [-0.39, 0.29) is 5.97 Å². The van der Waals surface area contributed by atoms with E-state index in [4.69, 9.17) is 4.74 Å². The van der Waals surface area contributed by atoms with Crippen LogP contribution in [0.1, 0.15) is 38.8 Å². The number of aromatic nitrogens is 1. The SMILES string of the molecule is CCOC(=O)CCc1csc(NC2CCN(C)C(C)C2)n1. The average Bonchev–Trinajstić information content (AvgIpc) is 2.89. The Hall–Kier alpha value is -1.14. The lowest BCUT2D eigenvalue weighted by atomic mass is 9.99. The molecule has 0 bridgehead atoms. The van der Waals surface area contributed by atoms with Gasteiger partial charge in [0.1, 0.15) is 0 Å². The summed E-state index contributed by atoms with van der Waals surface area (Å²) in [6, 6.07) is 1.11. The summed E-state index contributed by atoms with van der Waals surface area (Å²) in [5.41, 5.74) is 0.969. The Bertz CT molecular complexity index is 464. The quantitative estimate of drug-likeness (QED) is 0.818. The van der Waals surface area contributed by atoms with Crippen LogP contribution < -0.4 is 5.32 Å². The monoisotopic (exact) mass is 311 g/mol. The van der Waals surface area contributed by atoms with Crippen molar-refractivity contribution in [2.75, 3.05) is 25.5 Å². The van der Waals surface area contributed by atoms with Gasteiger partial charge < -0.3 is 15.0 Å². The molecule has 0 saturated carbocycles. The third kappa shape index (κ3) is 4.97. The van der Waals surface area contributed by atoms with Crippen LogP contribution in [0, 0.1) is 0 Å². The van der Waals surface area contributed by atoms with E-state index < -0.39 is 0 Å². The van der Waals surface area contributed by atoms with Crippen molar-refractivity contribution in [1.29, 1.82) is 0 Å². The largest absolute Gasteiger partial charge is 0.466 e. The van der Waals surface area contributed by atoms with Gasteiger partial charge in [-0.25, -0.2) is 4.98 Å². The smallest absolute Gasteiger partial charge is 0.306 e. The summed E-state index contributed by atoms with van der Waals surface area (Å²) >= 11 is 1.62. The van der Waals surface area contributed by atoms with E-state index in [2.05, 4.69) is 29.2 Å². The lowest BCUT2D eigenvalue weighted by Crippen LogP contribution is -2.42. The summed E-state index contributed by atoms with van der Waals surface area (Å²) in [5, 5.41) is 6.53. The molecule has 0 aliphatic carbocycles. The molecule has 1 aromatic heterocycles. The van der Waals surface area contributed by atoms with Gasteiger partial charge in [0.15, 0.2) is 5.13 Å². The van der Waals surface area contributed by atoms with Gasteiger partial charge in [0.2, 0.25) is 0 Å². The molecular weight excluding hydrogens is 286 g/mol. The number of hydrogen-bond donors (Lipinski definition) is 1. The summed E-state index contributed by atoms with van der Waals surface area (Å²) in [5.74, 6) is -0.149. The van der Waals surface area contributed by atoms with Gasteiger partial charge in [0, 0.05) is 30.4 Å². The van der Waals surface area contributed by atoms with Crippen molar-refractivity contribution >= 4 is 22.4 Å². The summed E-state index contributed by atoms with van der Waals surface area (Å²) < 4.78 is 4.93. The van der Waals surface area contributed by atoms with Crippen molar-refractivity contribution in [3.05, 3.63) is 11.1 Å². The maximum absolute atomic E-state index is 11.3. The van der Waals surface area contributed by atoms with Crippen LogP contribution in [0.4, 0.5) is 5.13 Å². The molecule has 2 rings (SSSR count). The molecule has 2 atom stereocenters. The van der Waals surface area contributed by atoms with Crippen LogP contribution in [-0.4, -0.2) is 48.1 Å². The number of nitrogens with one attached hydrogen (secondary N) is 1. The van der Waals surface area contributed by atoms with E-state index in [0.717, 1.165) is 30.2 Å². The van der Waals surface area contributed by atoms with E-state index in [1.807, 2.05) is 12.3 Å². The Kier molecular flexibility index (Phi) is 5.99. The van der Waals surface area contributed by atoms with Crippen molar-refractivity contribution < 1.29 is 9.53 Å². The van der Waals surface area contributed by atoms with Crippen molar-refractivity contribution in [2.45, 2.75) is 51.6 Å². The van der Waals surface area contributed by atoms with Crippen LogP contribution in [0.15, 0.2) is 5.38 Å². The number of rotatable bonds is 6. The number of likely N-dealkylation sites (tertiary alicyclic amines) is 1. The molecule has 5 nitrogen and oxygen atoms in total. The predicted molar refractivity (Wildman–Crippen MR) is 85.8 cm³/mol. The molecule has 118 valence electrons. The summed E-state index contributed by atoms with van der Waals surface area (Å²) in [6.45, 7) is 5.66. The molecule has 0 amide bonds. The lowest BCUT2D eigenvalue weighted by Gasteiger charge is -2.35. The van der Waals surface area contributed by atoms with E-state index in [9.17, 15) is 4.79 Å². The molecule has 1 saturated heterocycles. The number of aryl methyl sites for hydroxylation is 1. The van der Waals surface area contributed by atoms with Gasteiger partial charge in [0.25, 0.3) is 0 Å². The molecule has 1 aromatic rings. The minimum atomic E-state index is -0.149. The van der Waals surface area contributed by atoms with Gasteiger partial charge >= 0.3 is 5.97 Å². The molecule has 21 heavy (non-hydrogen) atoms. The van der Waals surface area contributed by atoms with Crippen LogP contribution in [0.5, 0.6) is 0 Å². The number of hydrogen-bond acceptors (Lipinski definition) is 6. The maximum Gasteiger partial charge on any atom is 0.306 e. The number of nitrogens with zero attached hydrogens (tertiary/aromatic N) is 2. The fourth-order valence-electron chi connectivity index (χ4n) is 2.55. The van der Waals surface area contributed by atoms with Crippen molar-refractivity contribution in [3.63, 3.8) is 0 Å². The van der Waals surface area contributed by atoms with Crippen LogP contribution in [-0.2, 0) is 16.0 Å². The van der Waals surface area contributed by atoms with Crippen molar-refractivity contribution in [1.82, 2.24) is 9.88 Å². The van der Waals surface area contributed by atoms with Gasteiger partial charge in [-0.2, -0.15) is 0 Å². The number of piperidine rings is 1. The fourth-order valence-corrected chi connectivity index (χ4v) is 3.37. The molecule has 2 heterocycles. The first kappa shape index (κ1) is 16.2. The van der Waals surface area contributed by atoms with E-state index >= 15 is 0 Å². The summed E-state index contributed by atoms with van der Waals surface area (Å²) in [4.78, 5) is 18.3. The second-order valence-corrected chi connectivity index (χ2v) is 6.50. The second kappa shape index (κ2) is 7.75. The second-order valence-electron chi connectivity index (χ2n) is 5.64. The first-order valence-corrected chi connectivity index (χ1v) is 8.53. The maximum atomic E-state index is 11.3. The normalized spacial score (nSPS) is 23.0. The zero-order valence-corrected chi connectivity index (χ0v) is 13.9. The minimum absolute atomic E-state index is 0.149. The highest BCUT2D eigenvalue weighted by atomic mass is 32.1. The van der Waals surface area contributed by atoms with Crippen molar-refractivity contribution in [3.8, 4) is 0 Å². The fraction of sp³-hybridized carbons (Fsp3) is 0.733. The average molecular weight is 311 g/mol. The highest BCUT2D eigenvalue weighted by Crippen LogP contribution is 2.23. The number of thiazole rings is 1. The summed E-state index contributed by atoms with van der Waals surface area (Å²) in [7, 11) is 2.18. The van der Waals surface area contributed by atoms with Gasteiger partial charge in [-0.3, -0.25) is 4.79 Å². The zero-order chi connectivity index (χ0) is 15.2. The highest BCUT2D eigenvalue weighted by Gasteiger charge is 2.23. The van der Waals surface area contributed by atoms with Crippen LogP contribution >= 0.6 is 11.3 Å². The van der Waals surface area contributed by atoms with E-state index in [1.54, 1.807) is 11.3 Å². The third-order valence-corrected chi connectivity index (χ3v) is 4.80. The Morgan fingerprint density at radius 1 is 1.62 bits per heavy atom. The van der Waals surface area contributed by atoms with Crippen LogP contribution in [0.3, 0.4) is 0 Å². The third-order valence-electron chi connectivity index (χ3n) is 3.98. The highest BCUT2D eigenvalue weighted by molar-refractivity contribution is 7.13. The molecule has 6 heteroatoms. The molecule has 2 unspecified atom stereocenters. The summed E-state index contributed by atoms with van der Waals surface area (Å²) in [6.07, 6.45) is 3.36. The standard InChI is InChI=1S/C15H25N3O2S/c1-4-20-14(19)6-5-13-10-21-15(17-13)16-12-7-8-18(3)11(2)9-12/h10-12H,4-9H2,1-3H3,(H,16,17). The first-order valence-electron chi connectivity index (χ1n) is 7.65. The van der Waals surface area contributed by atoms with Gasteiger partial charge in [-0.1, -0.05) is 0 Å². The number of carbonyl (C=O) groups excluding carboxylic acids is 1. The number of ether oxygens (including phenoxy) is 1. The molecular formula is C15H25N3O2S. The molecule has 0 aromatic carbocycles. The minimum Gasteiger partial charge on any atom is -0.466 e. The van der Waals surface area contributed by atoms with Gasteiger partial charge in [-0.05, 0) is 33.7 Å². The molecule has 1 aliphatic heterocycles. The number of esters is 1. The molecule has 1 fully saturated rings. The zero-order valence-electron chi connectivity index (χ0n) is 13.1. The van der Waals surface area contributed by atoms with Crippen LogP contribution in [0.2, 0.25) is 0 Å². The molecule has 0 radical (unpaired) electrons. The topological polar surface area (TPSA) is 54.5 Å². The van der Waals surface area contributed by atoms with Crippen LogP contribution in [0.25, 0.3) is 0 Å². The Balaban J connectivity index is 1.79. The Morgan fingerprint density at radius 2 is 2.43 bits per heavy atom. The molecule has 1 aliphatic rings. The van der Waals surface area contributed by atoms with E-state index in [1.165, 1.54) is 0 Å². The van der Waals surface area contributed by atoms with E-state index in [0.29, 0.717) is 31.5 Å². The molecule has 1 N–H and O–H groups in total. The van der Waals surface area contributed by atoms with Gasteiger partial charge in [0.05, 0.1) is 18.7 Å². The number of anilines is 1. The number of carbonyl (C=O) groups is 1. The Labute approximate surface area is 130 Å².